The summed E-state index contributed by atoms with van der Waals surface area (Å²) in [5.74, 6) is 0. The average Bonchev–Trinajstić information content (AvgIpc) is 2.81. The van der Waals surface area contributed by atoms with Gasteiger partial charge in [-0.15, -0.1) is 0 Å². The Labute approximate surface area is 94.3 Å². The Kier molecular flexibility index (Phi) is 3.52. The van der Waals surface area contributed by atoms with Crippen LogP contribution < -0.4 is 5.32 Å². The maximum Gasteiger partial charge on any atom is 0.0282 e. The second-order valence-electron chi connectivity index (χ2n) is 3.95. The van der Waals surface area contributed by atoms with E-state index in [0.29, 0.717) is 4.75 Å². The first-order valence-electron chi connectivity index (χ1n) is 5.12. The number of rotatable bonds is 6. The van der Waals surface area contributed by atoms with Crippen molar-refractivity contribution >= 4 is 23.1 Å². The van der Waals surface area contributed by atoms with Crippen molar-refractivity contribution in [3.63, 3.8) is 0 Å². The second-order valence-corrected chi connectivity index (χ2v) is 6.00. The molecule has 0 aromatic carbocycles. The number of hydrogen-bond donors (Lipinski definition) is 1. The van der Waals surface area contributed by atoms with Gasteiger partial charge in [0.1, 0.15) is 0 Å². The molecule has 0 atom stereocenters. The van der Waals surface area contributed by atoms with Gasteiger partial charge in [-0.05, 0) is 54.5 Å². The lowest BCUT2D eigenvalue weighted by Gasteiger charge is -2.12. The first-order valence-corrected chi connectivity index (χ1v) is 7.28. The molecule has 1 aliphatic rings. The predicted octanol–water partition coefficient (Wildman–Crippen LogP) is 2.78. The summed E-state index contributed by atoms with van der Waals surface area (Å²) in [5.41, 5.74) is 1.47. The SMILES string of the molecule is CSC1(CNCCc2ccsc2)CC1. The summed E-state index contributed by atoms with van der Waals surface area (Å²) in [6.07, 6.45) is 6.21. The van der Waals surface area contributed by atoms with Crippen molar-refractivity contribution in [2.75, 3.05) is 19.3 Å². The first-order chi connectivity index (χ1) is 6.85. The molecule has 1 heterocycles. The van der Waals surface area contributed by atoms with E-state index in [-0.39, 0.29) is 0 Å². The molecule has 0 unspecified atom stereocenters. The minimum atomic E-state index is 0.606. The third kappa shape index (κ3) is 2.75. The maximum atomic E-state index is 3.56. The molecule has 0 amide bonds. The fourth-order valence-corrected chi connectivity index (χ4v) is 3.04. The molecule has 0 bridgehead atoms. The maximum absolute atomic E-state index is 3.56. The fraction of sp³-hybridized carbons (Fsp3) is 0.636. The van der Waals surface area contributed by atoms with Gasteiger partial charge in [0.05, 0.1) is 0 Å². The van der Waals surface area contributed by atoms with Crippen LogP contribution in [0.2, 0.25) is 0 Å². The van der Waals surface area contributed by atoms with Gasteiger partial charge in [0.15, 0.2) is 0 Å². The molecular formula is C11H17NS2. The highest BCUT2D eigenvalue weighted by Crippen LogP contribution is 2.46. The van der Waals surface area contributed by atoms with Crippen LogP contribution in [-0.4, -0.2) is 24.1 Å². The first kappa shape index (κ1) is 10.5. The Hall–Kier alpha value is 0.01000. The zero-order chi connectivity index (χ0) is 9.86. The molecule has 0 saturated heterocycles. The van der Waals surface area contributed by atoms with E-state index >= 15 is 0 Å². The largest absolute Gasteiger partial charge is 0.315 e. The van der Waals surface area contributed by atoms with Crippen molar-refractivity contribution in [2.45, 2.75) is 24.0 Å². The van der Waals surface area contributed by atoms with Gasteiger partial charge in [-0.3, -0.25) is 0 Å². The minimum Gasteiger partial charge on any atom is -0.315 e. The highest BCUT2D eigenvalue weighted by molar-refractivity contribution is 8.00. The monoisotopic (exact) mass is 227 g/mol. The van der Waals surface area contributed by atoms with Crippen LogP contribution in [-0.2, 0) is 6.42 Å². The zero-order valence-corrected chi connectivity index (χ0v) is 10.2. The molecular weight excluding hydrogens is 210 g/mol. The summed E-state index contributed by atoms with van der Waals surface area (Å²) < 4.78 is 0.606. The lowest BCUT2D eigenvalue weighted by atomic mass is 10.2. The summed E-state index contributed by atoms with van der Waals surface area (Å²) in [4.78, 5) is 0. The number of nitrogens with one attached hydrogen (secondary N) is 1. The zero-order valence-electron chi connectivity index (χ0n) is 8.58. The predicted molar refractivity (Wildman–Crippen MR) is 66.4 cm³/mol. The van der Waals surface area contributed by atoms with Gasteiger partial charge >= 0.3 is 0 Å². The number of thiophene rings is 1. The van der Waals surface area contributed by atoms with Crippen LogP contribution in [0.25, 0.3) is 0 Å². The molecule has 1 N–H and O–H groups in total. The Bertz CT molecular complexity index is 265. The van der Waals surface area contributed by atoms with Crippen LogP contribution >= 0.6 is 23.1 Å². The Morgan fingerprint density at radius 2 is 2.43 bits per heavy atom. The summed E-state index contributed by atoms with van der Waals surface area (Å²) >= 11 is 3.81. The Balaban J connectivity index is 1.60. The molecule has 1 nitrogen and oxygen atoms in total. The molecule has 0 radical (unpaired) electrons. The molecule has 0 aliphatic heterocycles. The average molecular weight is 227 g/mol. The van der Waals surface area contributed by atoms with Crippen molar-refractivity contribution in [2.24, 2.45) is 0 Å². The lowest BCUT2D eigenvalue weighted by Crippen LogP contribution is -2.27. The van der Waals surface area contributed by atoms with Gasteiger partial charge in [-0.2, -0.15) is 23.1 Å². The minimum absolute atomic E-state index is 0.606. The number of thioether (sulfide) groups is 1. The van der Waals surface area contributed by atoms with Crippen molar-refractivity contribution in [1.29, 1.82) is 0 Å². The fourth-order valence-electron chi connectivity index (χ4n) is 1.58. The standard InChI is InChI=1S/C11H17NS2/c1-13-11(4-5-11)9-12-6-2-10-3-7-14-8-10/h3,7-8,12H,2,4-6,9H2,1H3. The van der Waals surface area contributed by atoms with Crippen LogP contribution in [0.1, 0.15) is 18.4 Å². The smallest absolute Gasteiger partial charge is 0.0282 e. The van der Waals surface area contributed by atoms with Gasteiger partial charge in [-0.25, -0.2) is 0 Å². The van der Waals surface area contributed by atoms with E-state index in [9.17, 15) is 0 Å². The van der Waals surface area contributed by atoms with Gasteiger partial charge in [0.2, 0.25) is 0 Å². The summed E-state index contributed by atoms with van der Waals surface area (Å²) in [5, 5.41) is 7.95. The second kappa shape index (κ2) is 4.69. The molecule has 1 aromatic rings. The van der Waals surface area contributed by atoms with E-state index in [2.05, 4.69) is 28.4 Å². The van der Waals surface area contributed by atoms with Gasteiger partial charge < -0.3 is 5.32 Å². The molecule has 3 heteroatoms. The van der Waals surface area contributed by atoms with Crippen LogP contribution in [0.4, 0.5) is 0 Å². The van der Waals surface area contributed by atoms with Gasteiger partial charge in [-0.1, -0.05) is 0 Å². The van der Waals surface area contributed by atoms with Crippen LogP contribution in [0, 0.1) is 0 Å². The lowest BCUT2D eigenvalue weighted by molar-refractivity contribution is 0.660. The summed E-state index contributed by atoms with van der Waals surface area (Å²) in [7, 11) is 0. The summed E-state index contributed by atoms with van der Waals surface area (Å²) in [6, 6.07) is 2.22. The molecule has 2 rings (SSSR count). The van der Waals surface area contributed by atoms with Crippen LogP contribution in [0.3, 0.4) is 0 Å². The Morgan fingerprint density at radius 3 is 3.00 bits per heavy atom. The molecule has 1 aliphatic carbocycles. The van der Waals surface area contributed by atoms with E-state index in [1.807, 2.05) is 11.8 Å². The molecule has 0 spiro atoms. The summed E-state index contributed by atoms with van der Waals surface area (Å²) in [6.45, 7) is 2.32. The molecule has 1 fully saturated rings. The van der Waals surface area contributed by atoms with Crippen molar-refractivity contribution in [1.82, 2.24) is 5.32 Å². The molecule has 1 saturated carbocycles. The molecule has 1 aromatic heterocycles. The van der Waals surface area contributed by atoms with Gasteiger partial charge in [0.25, 0.3) is 0 Å². The highest BCUT2D eigenvalue weighted by atomic mass is 32.2. The van der Waals surface area contributed by atoms with E-state index in [4.69, 9.17) is 0 Å². The van der Waals surface area contributed by atoms with Crippen LogP contribution in [0.5, 0.6) is 0 Å². The quantitative estimate of drug-likeness (QED) is 0.750. The van der Waals surface area contributed by atoms with Crippen molar-refractivity contribution in [3.8, 4) is 0 Å². The van der Waals surface area contributed by atoms with E-state index in [0.717, 1.165) is 6.54 Å². The molecule has 78 valence electrons. The van der Waals surface area contributed by atoms with Crippen molar-refractivity contribution in [3.05, 3.63) is 22.4 Å². The van der Waals surface area contributed by atoms with E-state index < -0.39 is 0 Å². The van der Waals surface area contributed by atoms with Crippen LogP contribution in [0.15, 0.2) is 16.8 Å². The highest BCUT2D eigenvalue weighted by Gasteiger charge is 2.41. The number of hydrogen-bond acceptors (Lipinski definition) is 3. The molecule has 14 heavy (non-hydrogen) atoms. The topological polar surface area (TPSA) is 12.0 Å². The van der Waals surface area contributed by atoms with E-state index in [1.165, 1.54) is 31.4 Å². The Morgan fingerprint density at radius 1 is 1.57 bits per heavy atom. The van der Waals surface area contributed by atoms with E-state index in [1.54, 1.807) is 11.3 Å². The third-order valence-corrected chi connectivity index (χ3v) is 5.01. The van der Waals surface area contributed by atoms with Gasteiger partial charge in [0, 0.05) is 11.3 Å². The normalized spacial score (nSPS) is 18.4. The van der Waals surface area contributed by atoms with Crippen molar-refractivity contribution < 1.29 is 0 Å². The third-order valence-electron chi connectivity index (χ3n) is 2.86.